The molecule has 1 aromatic carbocycles. The van der Waals surface area contributed by atoms with E-state index in [-0.39, 0.29) is 23.3 Å². The Labute approximate surface area is 151 Å². The zero-order chi connectivity index (χ0) is 18.5. The molecule has 2 heterocycles. The monoisotopic (exact) mass is 348 g/mol. The van der Waals surface area contributed by atoms with Crippen molar-refractivity contribution in [3.8, 4) is 0 Å². The maximum Gasteiger partial charge on any atom is 0.287 e. The lowest BCUT2D eigenvalue weighted by Gasteiger charge is -2.05. The number of imidazole rings is 1. The van der Waals surface area contributed by atoms with Gasteiger partial charge in [0, 0.05) is 19.3 Å². The number of nitrogens with one attached hydrogen (secondary N) is 2. The molecule has 3 aromatic rings. The molecule has 132 valence electrons. The summed E-state index contributed by atoms with van der Waals surface area (Å²) < 4.78 is 1.61. The second-order valence-electron chi connectivity index (χ2n) is 5.91. The fraction of sp³-hybridized carbons (Fsp3) is 0.150. The number of aromatic nitrogens is 2. The van der Waals surface area contributed by atoms with E-state index in [9.17, 15) is 9.59 Å². The molecule has 6 heteroatoms. The summed E-state index contributed by atoms with van der Waals surface area (Å²) in [5.74, 6) is -0.509. The lowest BCUT2D eigenvalue weighted by molar-refractivity contribution is 0.0946. The van der Waals surface area contributed by atoms with Crippen molar-refractivity contribution >= 4 is 17.3 Å². The van der Waals surface area contributed by atoms with Gasteiger partial charge in [-0.25, -0.2) is 4.98 Å². The SMILES string of the molecule is C=CCNC(=O)c1nc(C(=O)NCc2cccc(C)c2)c2ccccn12. The minimum absolute atomic E-state index is 0.170. The summed E-state index contributed by atoms with van der Waals surface area (Å²) in [4.78, 5) is 29.2. The Hall–Kier alpha value is -3.41. The van der Waals surface area contributed by atoms with E-state index in [2.05, 4.69) is 22.2 Å². The van der Waals surface area contributed by atoms with E-state index in [0.29, 0.717) is 18.6 Å². The van der Waals surface area contributed by atoms with Gasteiger partial charge >= 0.3 is 0 Å². The Bertz CT molecular complexity index is 975. The van der Waals surface area contributed by atoms with Gasteiger partial charge in [0.05, 0.1) is 5.52 Å². The van der Waals surface area contributed by atoms with Crippen LogP contribution in [0.15, 0.2) is 61.3 Å². The molecule has 0 fully saturated rings. The van der Waals surface area contributed by atoms with E-state index in [1.54, 1.807) is 34.9 Å². The van der Waals surface area contributed by atoms with Crippen LogP contribution in [0.3, 0.4) is 0 Å². The molecular formula is C20H20N4O2. The van der Waals surface area contributed by atoms with Crippen molar-refractivity contribution in [3.63, 3.8) is 0 Å². The first-order valence-corrected chi connectivity index (χ1v) is 8.30. The number of carbonyl (C=O) groups excluding carboxylic acids is 2. The summed E-state index contributed by atoms with van der Waals surface area (Å²) in [6, 6.07) is 13.3. The molecule has 2 aromatic heterocycles. The summed E-state index contributed by atoms with van der Waals surface area (Å²) in [7, 11) is 0. The number of hydrogen-bond donors (Lipinski definition) is 2. The fourth-order valence-electron chi connectivity index (χ4n) is 2.70. The Kier molecular flexibility index (Phi) is 5.12. The predicted octanol–water partition coefficient (Wildman–Crippen LogP) is 2.49. The van der Waals surface area contributed by atoms with Crippen LogP contribution in [-0.4, -0.2) is 27.7 Å². The van der Waals surface area contributed by atoms with Gasteiger partial charge in [0.1, 0.15) is 0 Å². The van der Waals surface area contributed by atoms with E-state index in [1.165, 1.54) is 0 Å². The molecular weight excluding hydrogens is 328 g/mol. The molecule has 3 rings (SSSR count). The largest absolute Gasteiger partial charge is 0.347 e. The third-order valence-corrected chi connectivity index (χ3v) is 3.91. The Morgan fingerprint density at radius 3 is 2.77 bits per heavy atom. The van der Waals surface area contributed by atoms with Gasteiger partial charge in [0.2, 0.25) is 5.82 Å². The number of pyridine rings is 1. The molecule has 26 heavy (non-hydrogen) atoms. The summed E-state index contributed by atoms with van der Waals surface area (Å²) in [6.07, 6.45) is 3.30. The molecule has 0 atom stereocenters. The molecule has 0 aliphatic heterocycles. The highest BCUT2D eigenvalue weighted by atomic mass is 16.2. The number of hydrogen-bond acceptors (Lipinski definition) is 3. The van der Waals surface area contributed by atoms with Crippen molar-refractivity contribution in [2.45, 2.75) is 13.5 Å². The van der Waals surface area contributed by atoms with Gasteiger partial charge in [0.15, 0.2) is 5.69 Å². The molecule has 2 N–H and O–H groups in total. The molecule has 0 unspecified atom stereocenters. The van der Waals surface area contributed by atoms with Gasteiger partial charge in [-0.05, 0) is 24.6 Å². The second kappa shape index (κ2) is 7.65. The smallest absolute Gasteiger partial charge is 0.287 e. The minimum atomic E-state index is -0.358. The average Bonchev–Trinajstić information content (AvgIpc) is 3.04. The van der Waals surface area contributed by atoms with Crippen LogP contribution < -0.4 is 10.6 Å². The average molecular weight is 348 g/mol. The number of amides is 2. The molecule has 0 aliphatic rings. The van der Waals surface area contributed by atoms with Crippen molar-refractivity contribution in [2.75, 3.05) is 6.54 Å². The highest BCUT2D eigenvalue weighted by molar-refractivity contribution is 6.02. The van der Waals surface area contributed by atoms with Crippen LogP contribution in [0.2, 0.25) is 0 Å². The number of nitrogens with zero attached hydrogens (tertiary/aromatic N) is 2. The van der Waals surface area contributed by atoms with Gasteiger partial charge in [-0.1, -0.05) is 42.0 Å². The number of aryl methyl sites for hydroxylation is 1. The molecule has 0 bridgehead atoms. The molecule has 2 amide bonds. The molecule has 6 nitrogen and oxygen atoms in total. The number of carbonyl (C=O) groups is 2. The lowest BCUT2D eigenvalue weighted by atomic mass is 10.1. The van der Waals surface area contributed by atoms with Gasteiger partial charge in [-0.2, -0.15) is 0 Å². The first-order valence-electron chi connectivity index (χ1n) is 8.30. The summed E-state index contributed by atoms with van der Waals surface area (Å²) in [5, 5.41) is 5.55. The standard InChI is InChI=1S/C20H20N4O2/c1-3-10-21-20(26)18-23-17(16-9-4-5-11-24(16)18)19(25)22-13-15-8-6-7-14(2)12-15/h3-9,11-12H,1,10,13H2,2H3,(H,21,26)(H,22,25). The highest BCUT2D eigenvalue weighted by Gasteiger charge is 2.20. The topological polar surface area (TPSA) is 75.5 Å². The van der Waals surface area contributed by atoms with E-state index in [4.69, 9.17) is 0 Å². The Morgan fingerprint density at radius 2 is 2.00 bits per heavy atom. The number of rotatable bonds is 6. The summed E-state index contributed by atoms with van der Waals surface area (Å²) in [5.41, 5.74) is 2.94. The highest BCUT2D eigenvalue weighted by Crippen LogP contribution is 2.14. The molecule has 0 saturated carbocycles. The van der Waals surface area contributed by atoms with Crippen molar-refractivity contribution < 1.29 is 9.59 Å². The van der Waals surface area contributed by atoms with Crippen molar-refractivity contribution in [1.29, 1.82) is 0 Å². The van der Waals surface area contributed by atoms with Gasteiger partial charge < -0.3 is 10.6 Å². The van der Waals surface area contributed by atoms with Crippen LogP contribution in [0.1, 0.15) is 32.2 Å². The van der Waals surface area contributed by atoms with Crippen LogP contribution in [0, 0.1) is 6.92 Å². The maximum absolute atomic E-state index is 12.6. The summed E-state index contributed by atoms with van der Waals surface area (Å²) >= 11 is 0. The van der Waals surface area contributed by atoms with Crippen LogP contribution in [0.4, 0.5) is 0 Å². The van der Waals surface area contributed by atoms with Crippen molar-refractivity contribution in [3.05, 3.63) is 84.0 Å². The van der Waals surface area contributed by atoms with Gasteiger partial charge in [-0.15, -0.1) is 6.58 Å². The minimum Gasteiger partial charge on any atom is -0.347 e. The zero-order valence-electron chi connectivity index (χ0n) is 14.5. The molecule has 0 spiro atoms. The Balaban J connectivity index is 1.85. The first-order chi connectivity index (χ1) is 12.6. The second-order valence-corrected chi connectivity index (χ2v) is 5.91. The van der Waals surface area contributed by atoms with E-state index >= 15 is 0 Å². The van der Waals surface area contributed by atoms with Crippen LogP contribution >= 0.6 is 0 Å². The quantitative estimate of drug-likeness (QED) is 0.672. The van der Waals surface area contributed by atoms with Crippen LogP contribution in [0.5, 0.6) is 0 Å². The fourth-order valence-corrected chi connectivity index (χ4v) is 2.70. The lowest BCUT2D eigenvalue weighted by Crippen LogP contribution is -2.26. The zero-order valence-corrected chi connectivity index (χ0v) is 14.5. The molecule has 0 radical (unpaired) electrons. The van der Waals surface area contributed by atoms with E-state index < -0.39 is 0 Å². The first kappa shape index (κ1) is 17.4. The molecule has 0 aliphatic carbocycles. The third kappa shape index (κ3) is 3.64. The van der Waals surface area contributed by atoms with Gasteiger partial charge in [0.25, 0.3) is 11.8 Å². The van der Waals surface area contributed by atoms with Crippen molar-refractivity contribution in [1.82, 2.24) is 20.0 Å². The van der Waals surface area contributed by atoms with Gasteiger partial charge in [-0.3, -0.25) is 14.0 Å². The number of benzene rings is 1. The molecule has 0 saturated heterocycles. The van der Waals surface area contributed by atoms with Crippen LogP contribution in [-0.2, 0) is 6.54 Å². The Morgan fingerprint density at radius 1 is 1.15 bits per heavy atom. The van der Waals surface area contributed by atoms with E-state index in [1.807, 2.05) is 31.2 Å². The van der Waals surface area contributed by atoms with E-state index in [0.717, 1.165) is 11.1 Å². The van der Waals surface area contributed by atoms with Crippen molar-refractivity contribution in [2.24, 2.45) is 0 Å². The maximum atomic E-state index is 12.6. The number of fused-ring (bicyclic) bond motifs is 1. The third-order valence-electron chi connectivity index (χ3n) is 3.91. The predicted molar refractivity (Wildman–Crippen MR) is 100 cm³/mol. The summed E-state index contributed by atoms with van der Waals surface area (Å²) in [6.45, 7) is 6.30. The normalized spacial score (nSPS) is 10.5. The van der Waals surface area contributed by atoms with Crippen LogP contribution in [0.25, 0.3) is 5.52 Å².